The van der Waals surface area contributed by atoms with Gasteiger partial charge in [-0.2, -0.15) is 4.98 Å². The van der Waals surface area contributed by atoms with Gasteiger partial charge in [-0.05, 0) is 25.1 Å². The van der Waals surface area contributed by atoms with Crippen LogP contribution in [0, 0.1) is 18.6 Å². The summed E-state index contributed by atoms with van der Waals surface area (Å²) in [5.74, 6) is -1.28. The van der Waals surface area contributed by atoms with E-state index < -0.39 is 23.6 Å². The number of hydrogen-bond donors (Lipinski definition) is 1. The molecule has 34 heavy (non-hydrogen) atoms. The molecular formula is C22H18F2N6O4. The summed E-state index contributed by atoms with van der Waals surface area (Å²) in [6.45, 7) is 2.28. The van der Waals surface area contributed by atoms with Gasteiger partial charge in [0.25, 0.3) is 5.91 Å². The van der Waals surface area contributed by atoms with Crippen molar-refractivity contribution in [1.29, 1.82) is 0 Å². The molecule has 1 fully saturated rings. The maximum Gasteiger partial charge on any atom is 0.409 e. The highest BCUT2D eigenvalue weighted by atomic mass is 19.1. The number of aromatic nitrogens is 4. The number of imidazole rings is 1. The highest BCUT2D eigenvalue weighted by molar-refractivity contribution is 6.04. The van der Waals surface area contributed by atoms with Gasteiger partial charge < -0.3 is 19.5 Å². The largest absolute Gasteiger partial charge is 0.453 e. The maximum absolute atomic E-state index is 14.7. The molecule has 1 aliphatic heterocycles. The molecule has 1 N–H and O–H groups in total. The number of likely N-dealkylation sites (tertiary alicyclic amines) is 1. The Morgan fingerprint density at radius 3 is 2.79 bits per heavy atom. The SMILES string of the molecule is COC(=O)N1CC(c2nc(-c3cc(F)c(C)c(NC(=O)c4cnc5cc(F)ccn45)c3)no2)C1. The van der Waals surface area contributed by atoms with E-state index >= 15 is 0 Å². The smallest absolute Gasteiger partial charge is 0.409 e. The predicted octanol–water partition coefficient (Wildman–Crippen LogP) is 3.39. The first-order valence-corrected chi connectivity index (χ1v) is 10.2. The quantitative estimate of drug-likeness (QED) is 0.488. The molecule has 1 saturated heterocycles. The number of hydrogen-bond acceptors (Lipinski definition) is 7. The van der Waals surface area contributed by atoms with Crippen LogP contribution in [0.2, 0.25) is 0 Å². The van der Waals surface area contributed by atoms with E-state index in [1.807, 2.05) is 0 Å². The molecule has 1 aromatic carbocycles. The van der Waals surface area contributed by atoms with Gasteiger partial charge in [-0.25, -0.2) is 18.6 Å². The topological polar surface area (TPSA) is 115 Å². The molecule has 5 rings (SSSR count). The fourth-order valence-electron chi connectivity index (χ4n) is 3.68. The van der Waals surface area contributed by atoms with Gasteiger partial charge in [0.1, 0.15) is 23.0 Å². The number of carbonyl (C=O) groups is 2. The van der Waals surface area contributed by atoms with Crippen LogP contribution in [0.15, 0.2) is 41.2 Å². The maximum atomic E-state index is 14.7. The Bertz CT molecular complexity index is 1430. The van der Waals surface area contributed by atoms with Crippen LogP contribution in [0.1, 0.15) is 27.9 Å². The summed E-state index contributed by atoms with van der Waals surface area (Å²) in [4.78, 5) is 34.2. The lowest BCUT2D eigenvalue weighted by molar-refractivity contribution is 0.0804. The van der Waals surface area contributed by atoms with Crippen molar-refractivity contribution < 1.29 is 27.6 Å². The number of halogens is 2. The van der Waals surface area contributed by atoms with Crippen LogP contribution in [0.3, 0.4) is 0 Å². The van der Waals surface area contributed by atoms with Crippen LogP contribution < -0.4 is 5.32 Å². The molecule has 1 aliphatic rings. The van der Waals surface area contributed by atoms with Crippen molar-refractivity contribution in [2.75, 3.05) is 25.5 Å². The van der Waals surface area contributed by atoms with Gasteiger partial charge in [0.15, 0.2) is 0 Å². The number of fused-ring (bicyclic) bond motifs is 1. The molecule has 0 radical (unpaired) electrons. The average Bonchev–Trinajstić information content (AvgIpc) is 3.42. The summed E-state index contributed by atoms with van der Waals surface area (Å²) >= 11 is 0. The fourth-order valence-corrected chi connectivity index (χ4v) is 3.68. The van der Waals surface area contributed by atoms with E-state index in [-0.39, 0.29) is 34.3 Å². The zero-order chi connectivity index (χ0) is 24.0. The molecule has 0 bridgehead atoms. The molecular weight excluding hydrogens is 450 g/mol. The zero-order valence-electron chi connectivity index (χ0n) is 18.1. The summed E-state index contributed by atoms with van der Waals surface area (Å²) in [7, 11) is 1.30. The minimum atomic E-state index is -0.570. The van der Waals surface area contributed by atoms with Gasteiger partial charge in [0.05, 0.1) is 19.2 Å². The lowest BCUT2D eigenvalue weighted by atomic mass is 10.0. The molecule has 174 valence electrons. The normalized spacial score (nSPS) is 13.7. The number of carbonyl (C=O) groups excluding carboxylic acids is 2. The second kappa shape index (κ2) is 8.21. The summed E-state index contributed by atoms with van der Waals surface area (Å²) in [5.41, 5.74) is 1.15. The van der Waals surface area contributed by atoms with Crippen molar-refractivity contribution in [3.05, 3.63) is 65.4 Å². The number of pyridine rings is 1. The van der Waals surface area contributed by atoms with Crippen molar-refractivity contribution in [3.63, 3.8) is 0 Å². The zero-order valence-corrected chi connectivity index (χ0v) is 18.1. The van der Waals surface area contributed by atoms with E-state index in [0.717, 1.165) is 0 Å². The minimum absolute atomic E-state index is 0.144. The van der Waals surface area contributed by atoms with E-state index in [1.54, 1.807) is 0 Å². The fraction of sp³-hybridized carbons (Fsp3) is 0.227. The van der Waals surface area contributed by atoms with Crippen LogP contribution in [0.5, 0.6) is 0 Å². The van der Waals surface area contributed by atoms with Crippen LogP contribution in [-0.2, 0) is 4.74 Å². The molecule has 3 aromatic heterocycles. The van der Waals surface area contributed by atoms with E-state index in [0.29, 0.717) is 24.5 Å². The summed E-state index contributed by atoms with van der Waals surface area (Å²) in [6, 6.07) is 5.19. The highest BCUT2D eigenvalue weighted by Crippen LogP contribution is 2.30. The Hall–Kier alpha value is -4.35. The monoisotopic (exact) mass is 468 g/mol. The summed E-state index contributed by atoms with van der Waals surface area (Å²) in [6.07, 6.45) is 2.26. The number of benzene rings is 1. The van der Waals surface area contributed by atoms with Gasteiger partial charge in [-0.15, -0.1) is 0 Å². The Morgan fingerprint density at radius 1 is 1.24 bits per heavy atom. The van der Waals surface area contributed by atoms with Crippen molar-refractivity contribution in [1.82, 2.24) is 24.4 Å². The molecule has 4 heterocycles. The van der Waals surface area contributed by atoms with Crippen molar-refractivity contribution in [2.45, 2.75) is 12.8 Å². The number of rotatable bonds is 4. The third kappa shape index (κ3) is 3.72. The first-order chi connectivity index (χ1) is 16.3. The number of methoxy groups -OCH3 is 1. The van der Waals surface area contributed by atoms with Gasteiger partial charge in [0.2, 0.25) is 11.7 Å². The van der Waals surface area contributed by atoms with Gasteiger partial charge >= 0.3 is 6.09 Å². The van der Waals surface area contributed by atoms with Crippen LogP contribution in [0.4, 0.5) is 19.3 Å². The standard InChI is InChI=1S/C22H18F2N6O4/c1-11-15(24)5-12(19-27-21(34-28-19)13-9-29(10-13)22(32)33-2)6-16(11)26-20(31)17-8-25-18-7-14(23)3-4-30(17)18/h3-8,13H,9-10H2,1-2H3,(H,26,31). The van der Waals surface area contributed by atoms with Gasteiger partial charge in [-0.3, -0.25) is 9.20 Å². The van der Waals surface area contributed by atoms with Crippen LogP contribution in [-0.4, -0.2) is 56.6 Å². The van der Waals surface area contributed by atoms with Crippen molar-refractivity contribution >= 4 is 23.3 Å². The van der Waals surface area contributed by atoms with E-state index in [4.69, 9.17) is 4.52 Å². The lowest BCUT2D eigenvalue weighted by Gasteiger charge is -2.35. The molecule has 4 aromatic rings. The Morgan fingerprint density at radius 2 is 2.03 bits per heavy atom. The Labute approximate surface area is 191 Å². The van der Waals surface area contributed by atoms with Gasteiger partial charge in [-0.1, -0.05) is 5.16 Å². The summed E-state index contributed by atoms with van der Waals surface area (Å²) < 4.78 is 39.5. The van der Waals surface area contributed by atoms with Gasteiger partial charge in [0, 0.05) is 42.2 Å². The molecule has 2 amide bonds. The van der Waals surface area contributed by atoms with Crippen molar-refractivity contribution in [2.24, 2.45) is 0 Å². The third-order valence-electron chi connectivity index (χ3n) is 5.66. The molecule has 0 unspecified atom stereocenters. The Balaban J connectivity index is 1.38. The Kier molecular flexibility index (Phi) is 5.19. The van der Waals surface area contributed by atoms with Crippen LogP contribution in [0.25, 0.3) is 17.0 Å². The lowest BCUT2D eigenvalue weighted by Crippen LogP contribution is -2.48. The number of ether oxygens (including phenoxy) is 1. The molecule has 0 aliphatic carbocycles. The second-order valence-corrected chi connectivity index (χ2v) is 7.83. The van der Waals surface area contributed by atoms with E-state index in [1.165, 1.54) is 60.0 Å². The second-order valence-electron chi connectivity index (χ2n) is 7.83. The first-order valence-electron chi connectivity index (χ1n) is 10.2. The number of amides is 2. The van der Waals surface area contributed by atoms with E-state index in [9.17, 15) is 18.4 Å². The number of nitrogens with zero attached hydrogens (tertiary/aromatic N) is 5. The molecule has 0 atom stereocenters. The summed E-state index contributed by atoms with van der Waals surface area (Å²) in [5, 5.41) is 6.59. The molecule has 10 nitrogen and oxygen atoms in total. The highest BCUT2D eigenvalue weighted by Gasteiger charge is 2.36. The predicted molar refractivity (Wildman–Crippen MR) is 114 cm³/mol. The van der Waals surface area contributed by atoms with Crippen molar-refractivity contribution in [3.8, 4) is 11.4 Å². The molecule has 0 saturated carbocycles. The number of nitrogens with one attached hydrogen (secondary N) is 1. The first kappa shape index (κ1) is 21.5. The molecule has 0 spiro atoms. The minimum Gasteiger partial charge on any atom is -0.453 e. The third-order valence-corrected chi connectivity index (χ3v) is 5.66. The van der Waals surface area contributed by atoms with E-state index in [2.05, 4.69) is 25.2 Å². The molecule has 12 heteroatoms. The van der Waals surface area contributed by atoms with Crippen LogP contribution >= 0.6 is 0 Å². The average molecular weight is 468 g/mol. The number of anilines is 1.